The van der Waals surface area contributed by atoms with Crippen molar-refractivity contribution in [2.75, 3.05) is 16.2 Å². The van der Waals surface area contributed by atoms with E-state index in [9.17, 15) is 13.2 Å². The number of halogens is 2. The van der Waals surface area contributed by atoms with Crippen LogP contribution in [-0.4, -0.2) is 20.9 Å². The van der Waals surface area contributed by atoms with Gasteiger partial charge in [0.1, 0.15) is 0 Å². The van der Waals surface area contributed by atoms with Gasteiger partial charge in [-0.1, -0.05) is 33.6 Å². The lowest BCUT2D eigenvalue weighted by Crippen LogP contribution is -2.35. The van der Waals surface area contributed by atoms with Crippen molar-refractivity contribution >= 4 is 54.8 Å². The Bertz CT molecular complexity index is 1210. The highest BCUT2D eigenvalue weighted by molar-refractivity contribution is 9.10. The third-order valence-electron chi connectivity index (χ3n) is 4.90. The van der Waals surface area contributed by atoms with Crippen molar-refractivity contribution in [1.29, 1.82) is 0 Å². The topological polar surface area (TPSA) is 66.5 Å². The van der Waals surface area contributed by atoms with Crippen LogP contribution in [0.2, 0.25) is 5.02 Å². The van der Waals surface area contributed by atoms with Crippen LogP contribution in [0.15, 0.2) is 76.1 Å². The summed E-state index contributed by atoms with van der Waals surface area (Å²) in [5.41, 5.74) is 2.61. The molecule has 3 aromatic carbocycles. The molecule has 0 saturated heterocycles. The third-order valence-corrected chi connectivity index (χ3v) is 7.47. The molecular weight excluding hydrogens is 488 g/mol. The molecular formula is C22H18BrClN2O3S. The molecule has 0 fully saturated rings. The number of sulfonamides is 1. The zero-order valence-corrected chi connectivity index (χ0v) is 19.0. The van der Waals surface area contributed by atoms with E-state index in [0.717, 1.165) is 10.0 Å². The summed E-state index contributed by atoms with van der Waals surface area (Å²) in [4.78, 5) is 12.9. The maximum atomic E-state index is 13.2. The van der Waals surface area contributed by atoms with Gasteiger partial charge in [0, 0.05) is 27.3 Å². The van der Waals surface area contributed by atoms with Gasteiger partial charge in [-0.2, -0.15) is 0 Å². The van der Waals surface area contributed by atoms with Gasteiger partial charge in [0.2, 0.25) is 0 Å². The van der Waals surface area contributed by atoms with Crippen LogP contribution in [0.3, 0.4) is 0 Å². The number of carbonyl (C=O) groups is 1. The molecule has 8 heteroatoms. The second-order valence-corrected chi connectivity index (χ2v) is 10.2. The van der Waals surface area contributed by atoms with Gasteiger partial charge in [-0.05, 0) is 79.1 Å². The number of benzene rings is 3. The van der Waals surface area contributed by atoms with Crippen molar-refractivity contribution in [2.24, 2.45) is 0 Å². The van der Waals surface area contributed by atoms with E-state index in [4.69, 9.17) is 11.6 Å². The van der Waals surface area contributed by atoms with E-state index in [1.54, 1.807) is 30.3 Å². The van der Waals surface area contributed by atoms with Crippen molar-refractivity contribution in [1.82, 2.24) is 0 Å². The van der Waals surface area contributed by atoms with Crippen molar-refractivity contribution in [3.8, 4) is 0 Å². The van der Waals surface area contributed by atoms with Crippen LogP contribution in [0.5, 0.6) is 0 Å². The second-order valence-electron chi connectivity index (χ2n) is 6.94. The molecule has 1 aliphatic rings. The first-order valence-electron chi connectivity index (χ1n) is 9.33. The number of hydrogen-bond acceptors (Lipinski definition) is 3. The summed E-state index contributed by atoms with van der Waals surface area (Å²) < 4.78 is 28.6. The average Bonchev–Trinajstić information content (AvgIpc) is 2.73. The first-order valence-corrected chi connectivity index (χ1v) is 11.9. The largest absolute Gasteiger partial charge is 0.322 e. The number of nitrogens with one attached hydrogen (secondary N) is 1. The minimum Gasteiger partial charge on any atom is -0.322 e. The maximum absolute atomic E-state index is 13.2. The minimum atomic E-state index is -3.71. The fraction of sp³-hybridized carbons (Fsp3) is 0.136. The Morgan fingerprint density at radius 3 is 2.53 bits per heavy atom. The van der Waals surface area contributed by atoms with Crippen LogP contribution in [0, 0.1) is 0 Å². The van der Waals surface area contributed by atoms with Gasteiger partial charge >= 0.3 is 0 Å². The SMILES string of the molecule is O=C(Nc1cccc(Br)c1)c1ccc2c(c1)CCCN2S(=O)(=O)c1ccc(Cl)cc1. The van der Waals surface area contributed by atoms with Gasteiger partial charge in [-0.25, -0.2) is 8.42 Å². The molecule has 5 nitrogen and oxygen atoms in total. The summed E-state index contributed by atoms with van der Waals surface area (Å²) in [6.07, 6.45) is 1.39. The number of fused-ring (bicyclic) bond motifs is 1. The van der Waals surface area contributed by atoms with Crippen LogP contribution >= 0.6 is 27.5 Å². The van der Waals surface area contributed by atoms with Crippen LogP contribution in [-0.2, 0) is 16.4 Å². The summed E-state index contributed by atoms with van der Waals surface area (Å²) in [5, 5.41) is 3.35. The van der Waals surface area contributed by atoms with Gasteiger partial charge in [0.05, 0.1) is 10.6 Å². The number of hydrogen-bond donors (Lipinski definition) is 1. The Hall–Kier alpha value is -2.35. The molecule has 0 unspecified atom stereocenters. The van der Waals surface area contributed by atoms with E-state index >= 15 is 0 Å². The number of carbonyl (C=O) groups excluding carboxylic acids is 1. The smallest absolute Gasteiger partial charge is 0.264 e. The highest BCUT2D eigenvalue weighted by atomic mass is 79.9. The molecule has 0 saturated carbocycles. The zero-order chi connectivity index (χ0) is 21.3. The van der Waals surface area contributed by atoms with Crippen LogP contribution < -0.4 is 9.62 Å². The van der Waals surface area contributed by atoms with Crippen molar-refractivity contribution < 1.29 is 13.2 Å². The van der Waals surface area contributed by atoms with Crippen molar-refractivity contribution in [3.63, 3.8) is 0 Å². The minimum absolute atomic E-state index is 0.191. The van der Waals surface area contributed by atoms with E-state index < -0.39 is 10.0 Å². The molecule has 0 radical (unpaired) electrons. The van der Waals surface area contributed by atoms with Crippen LogP contribution in [0.25, 0.3) is 0 Å². The molecule has 4 rings (SSSR count). The second kappa shape index (κ2) is 8.41. The van der Waals surface area contributed by atoms with E-state index in [-0.39, 0.29) is 10.8 Å². The zero-order valence-electron chi connectivity index (χ0n) is 15.8. The quantitative estimate of drug-likeness (QED) is 0.509. The molecule has 0 aliphatic carbocycles. The Balaban J connectivity index is 1.62. The molecule has 30 heavy (non-hydrogen) atoms. The van der Waals surface area contributed by atoms with E-state index in [1.165, 1.54) is 16.4 Å². The number of amides is 1. The van der Waals surface area contributed by atoms with Gasteiger partial charge < -0.3 is 5.32 Å². The lowest BCUT2D eigenvalue weighted by molar-refractivity contribution is 0.102. The molecule has 3 aromatic rings. The summed E-state index contributed by atoms with van der Waals surface area (Å²) in [6.45, 7) is 0.390. The van der Waals surface area contributed by atoms with E-state index in [1.807, 2.05) is 24.3 Å². The molecule has 0 bridgehead atoms. The Kier molecular flexibility index (Phi) is 5.86. The first-order chi connectivity index (χ1) is 14.3. The van der Waals surface area contributed by atoms with Gasteiger partial charge in [0.25, 0.3) is 15.9 Å². The molecule has 1 heterocycles. The van der Waals surface area contributed by atoms with Crippen molar-refractivity contribution in [2.45, 2.75) is 17.7 Å². The van der Waals surface area contributed by atoms with Gasteiger partial charge in [-0.3, -0.25) is 9.10 Å². The molecule has 0 spiro atoms. The monoisotopic (exact) mass is 504 g/mol. The Morgan fingerprint density at radius 1 is 1.03 bits per heavy atom. The predicted octanol–water partition coefficient (Wildman–Crippen LogP) is 5.50. The fourth-order valence-corrected chi connectivity index (χ4v) is 5.52. The number of nitrogens with zero attached hydrogens (tertiary/aromatic N) is 1. The lowest BCUT2D eigenvalue weighted by Gasteiger charge is -2.30. The summed E-state index contributed by atoms with van der Waals surface area (Å²) in [7, 11) is -3.71. The predicted molar refractivity (Wildman–Crippen MR) is 123 cm³/mol. The Morgan fingerprint density at radius 2 is 1.80 bits per heavy atom. The summed E-state index contributed by atoms with van der Waals surface area (Å²) >= 11 is 9.28. The summed E-state index contributed by atoms with van der Waals surface area (Å²) in [5.74, 6) is -0.242. The Labute approximate surface area is 188 Å². The molecule has 154 valence electrons. The highest BCUT2D eigenvalue weighted by Gasteiger charge is 2.29. The maximum Gasteiger partial charge on any atom is 0.264 e. The van der Waals surface area contributed by atoms with E-state index in [2.05, 4.69) is 21.2 Å². The van der Waals surface area contributed by atoms with E-state index in [0.29, 0.717) is 41.3 Å². The van der Waals surface area contributed by atoms with Gasteiger partial charge in [0.15, 0.2) is 0 Å². The first kappa shape index (κ1) is 20.9. The average molecular weight is 506 g/mol. The third kappa shape index (κ3) is 4.24. The lowest BCUT2D eigenvalue weighted by atomic mass is 10.0. The number of anilines is 2. The molecule has 0 aromatic heterocycles. The van der Waals surface area contributed by atoms with Gasteiger partial charge in [-0.15, -0.1) is 0 Å². The molecule has 0 atom stereocenters. The number of rotatable bonds is 4. The van der Waals surface area contributed by atoms with Crippen LogP contribution in [0.4, 0.5) is 11.4 Å². The standard InChI is InChI=1S/C22H18BrClN2O3S/c23-17-4-1-5-19(14-17)25-22(27)16-6-11-21-15(13-16)3-2-12-26(21)30(28,29)20-9-7-18(24)8-10-20/h1,4-11,13-14H,2-3,12H2,(H,25,27). The number of aryl methyl sites for hydroxylation is 1. The summed E-state index contributed by atoms with van der Waals surface area (Å²) in [6, 6.07) is 18.6. The molecule has 1 amide bonds. The fourth-order valence-electron chi connectivity index (χ4n) is 3.46. The van der Waals surface area contributed by atoms with Crippen molar-refractivity contribution in [3.05, 3.63) is 87.4 Å². The molecule has 1 N–H and O–H groups in total. The van der Waals surface area contributed by atoms with Crippen LogP contribution in [0.1, 0.15) is 22.3 Å². The highest BCUT2D eigenvalue weighted by Crippen LogP contribution is 2.33. The molecule has 1 aliphatic heterocycles. The normalized spacial score (nSPS) is 13.6.